The Morgan fingerprint density at radius 3 is 2.56 bits per heavy atom. The number of anilines is 1. The van der Waals surface area contributed by atoms with E-state index in [4.69, 9.17) is 0 Å². The van der Waals surface area contributed by atoms with Gasteiger partial charge in [-0.15, -0.1) is 10.2 Å². The van der Waals surface area contributed by atoms with Crippen molar-refractivity contribution in [3.05, 3.63) is 75.7 Å². The van der Waals surface area contributed by atoms with E-state index in [2.05, 4.69) is 20.4 Å². The van der Waals surface area contributed by atoms with Crippen molar-refractivity contribution in [2.45, 2.75) is 20.0 Å². The average molecular weight is 388 g/mol. The number of halogens is 2. The number of nitrogens with one attached hydrogen (secondary N) is 1. The molecular weight excluding hydrogens is 370 g/mol. The Labute approximate surface area is 159 Å². The van der Waals surface area contributed by atoms with E-state index in [-0.39, 0.29) is 16.6 Å². The molecule has 0 aliphatic heterocycles. The third-order valence-corrected chi connectivity index (χ3v) is 4.77. The predicted octanol–water partition coefficient (Wildman–Crippen LogP) is 4.09. The van der Waals surface area contributed by atoms with Crippen LogP contribution in [-0.4, -0.2) is 27.5 Å². The molecule has 3 aromatic rings. The van der Waals surface area contributed by atoms with Gasteiger partial charge in [-0.25, -0.2) is 8.78 Å². The van der Waals surface area contributed by atoms with Crippen LogP contribution in [-0.2, 0) is 13.1 Å². The van der Waals surface area contributed by atoms with Gasteiger partial charge in [0.25, 0.3) is 5.91 Å². The minimum atomic E-state index is -0.390. The second kappa shape index (κ2) is 8.79. The predicted molar refractivity (Wildman–Crippen MR) is 100 cm³/mol. The average Bonchev–Trinajstić information content (AvgIpc) is 3.12. The first kappa shape index (κ1) is 19.1. The summed E-state index contributed by atoms with van der Waals surface area (Å²) in [4.78, 5) is 14.3. The molecule has 2 aromatic carbocycles. The molecule has 0 aliphatic carbocycles. The topological polar surface area (TPSA) is 58.1 Å². The van der Waals surface area contributed by atoms with Gasteiger partial charge in [-0.2, -0.15) is 0 Å². The van der Waals surface area contributed by atoms with E-state index in [1.807, 2.05) is 13.0 Å². The van der Waals surface area contributed by atoms with E-state index in [1.165, 1.54) is 47.7 Å². The molecule has 0 unspecified atom stereocenters. The summed E-state index contributed by atoms with van der Waals surface area (Å²) in [7, 11) is 0. The van der Waals surface area contributed by atoms with Crippen molar-refractivity contribution in [1.82, 2.24) is 15.1 Å². The third-order valence-electron chi connectivity index (χ3n) is 3.86. The number of amides is 1. The van der Waals surface area contributed by atoms with Gasteiger partial charge in [-0.1, -0.05) is 30.4 Å². The van der Waals surface area contributed by atoms with Gasteiger partial charge in [0, 0.05) is 12.2 Å². The summed E-state index contributed by atoms with van der Waals surface area (Å²) in [5.41, 5.74) is 1.36. The number of aromatic nitrogens is 2. The fourth-order valence-corrected chi connectivity index (χ4v) is 3.27. The van der Waals surface area contributed by atoms with Crippen molar-refractivity contribution < 1.29 is 13.6 Å². The van der Waals surface area contributed by atoms with Gasteiger partial charge in [0.1, 0.15) is 16.6 Å². The molecule has 0 saturated carbocycles. The molecule has 0 fully saturated rings. The van der Waals surface area contributed by atoms with Gasteiger partial charge in [0.2, 0.25) is 5.01 Å². The van der Waals surface area contributed by atoms with Crippen LogP contribution < -0.4 is 5.32 Å². The summed E-state index contributed by atoms with van der Waals surface area (Å²) in [5, 5.41) is 11.6. The van der Waals surface area contributed by atoms with Gasteiger partial charge in [0.05, 0.1) is 6.54 Å². The van der Waals surface area contributed by atoms with E-state index >= 15 is 0 Å². The van der Waals surface area contributed by atoms with Gasteiger partial charge >= 0.3 is 0 Å². The number of hydrogen-bond donors (Lipinski definition) is 1. The Hall–Kier alpha value is -2.71. The van der Waals surface area contributed by atoms with Gasteiger partial charge in [0.15, 0.2) is 0 Å². The summed E-state index contributed by atoms with van der Waals surface area (Å²) in [5.74, 6) is -1.03. The Morgan fingerprint density at radius 2 is 1.85 bits per heavy atom. The Morgan fingerprint density at radius 1 is 1.07 bits per heavy atom. The molecule has 0 spiro atoms. The number of benzene rings is 2. The van der Waals surface area contributed by atoms with E-state index in [1.54, 1.807) is 6.07 Å². The van der Waals surface area contributed by atoms with Crippen molar-refractivity contribution in [3.63, 3.8) is 0 Å². The molecule has 0 radical (unpaired) electrons. The van der Waals surface area contributed by atoms with Crippen LogP contribution in [0.5, 0.6) is 0 Å². The molecule has 0 aliphatic rings. The zero-order valence-corrected chi connectivity index (χ0v) is 15.5. The molecule has 140 valence electrons. The highest BCUT2D eigenvalue weighted by atomic mass is 32.1. The van der Waals surface area contributed by atoms with Gasteiger partial charge in [-0.3, -0.25) is 9.69 Å². The number of nitrogens with zero attached hydrogens (tertiary/aromatic N) is 3. The molecule has 8 heteroatoms. The van der Waals surface area contributed by atoms with E-state index in [9.17, 15) is 13.6 Å². The molecule has 1 aromatic heterocycles. The highest BCUT2D eigenvalue weighted by Crippen LogP contribution is 2.17. The fourth-order valence-electron chi connectivity index (χ4n) is 2.49. The van der Waals surface area contributed by atoms with Gasteiger partial charge < -0.3 is 5.32 Å². The molecule has 0 bridgehead atoms. The van der Waals surface area contributed by atoms with Gasteiger partial charge in [-0.05, 0) is 48.5 Å². The minimum Gasteiger partial charge on any atom is -0.320 e. The van der Waals surface area contributed by atoms with Crippen LogP contribution in [0.1, 0.15) is 27.3 Å². The molecule has 3 rings (SSSR count). The normalized spacial score (nSPS) is 11.0. The summed E-state index contributed by atoms with van der Waals surface area (Å²) in [6, 6.07) is 12.0. The number of hydrogen-bond acceptors (Lipinski definition) is 5. The highest BCUT2D eigenvalue weighted by molar-refractivity contribution is 7.13. The summed E-state index contributed by atoms with van der Waals surface area (Å²) in [6.07, 6.45) is 0. The third kappa shape index (κ3) is 5.38. The molecule has 0 saturated heterocycles. The Balaban J connectivity index is 1.61. The molecular formula is C19H18F2N4OS. The molecule has 1 amide bonds. The largest absolute Gasteiger partial charge is 0.320 e. The van der Waals surface area contributed by atoms with Crippen LogP contribution in [0, 0.1) is 11.6 Å². The minimum absolute atomic E-state index is 0.233. The lowest BCUT2D eigenvalue weighted by Gasteiger charge is -2.18. The second-order valence-electron chi connectivity index (χ2n) is 5.90. The van der Waals surface area contributed by atoms with Crippen LogP contribution in [0.25, 0.3) is 0 Å². The first-order valence-corrected chi connectivity index (χ1v) is 9.21. The van der Waals surface area contributed by atoms with Crippen LogP contribution in [0.15, 0.2) is 48.5 Å². The highest BCUT2D eigenvalue weighted by Gasteiger charge is 2.15. The lowest BCUT2D eigenvalue weighted by Crippen LogP contribution is -2.22. The number of rotatable bonds is 7. The van der Waals surface area contributed by atoms with Crippen molar-refractivity contribution in [1.29, 1.82) is 0 Å². The summed E-state index contributed by atoms with van der Waals surface area (Å²) < 4.78 is 26.3. The zero-order valence-electron chi connectivity index (χ0n) is 14.7. The monoisotopic (exact) mass is 388 g/mol. The maximum absolute atomic E-state index is 13.3. The molecule has 0 atom stereocenters. The van der Waals surface area contributed by atoms with E-state index < -0.39 is 5.91 Å². The Kier molecular flexibility index (Phi) is 6.20. The summed E-state index contributed by atoms with van der Waals surface area (Å²) in [6.45, 7) is 3.83. The van der Waals surface area contributed by atoms with E-state index in [0.29, 0.717) is 23.8 Å². The standard InChI is InChI=1S/C19H18F2N4OS/c1-2-25(11-13-4-3-5-15(21)10-13)12-17-23-24-19(27-17)18(26)22-16-8-6-14(20)7-9-16/h3-10H,2,11-12H2,1H3,(H,22,26). The summed E-state index contributed by atoms with van der Waals surface area (Å²) >= 11 is 1.20. The SMILES string of the molecule is CCN(Cc1cccc(F)c1)Cc1nnc(C(=O)Nc2ccc(F)cc2)s1. The van der Waals surface area contributed by atoms with Crippen LogP contribution in [0.2, 0.25) is 0 Å². The van der Waals surface area contributed by atoms with Crippen molar-refractivity contribution in [3.8, 4) is 0 Å². The molecule has 5 nitrogen and oxygen atoms in total. The zero-order chi connectivity index (χ0) is 19.2. The fraction of sp³-hybridized carbons (Fsp3) is 0.211. The first-order chi connectivity index (χ1) is 13.0. The molecule has 1 heterocycles. The molecule has 27 heavy (non-hydrogen) atoms. The van der Waals surface area contributed by atoms with Crippen LogP contribution in [0.3, 0.4) is 0 Å². The lowest BCUT2D eigenvalue weighted by molar-refractivity contribution is 0.102. The second-order valence-corrected chi connectivity index (χ2v) is 6.96. The van der Waals surface area contributed by atoms with Crippen molar-refractivity contribution in [2.24, 2.45) is 0 Å². The lowest BCUT2D eigenvalue weighted by atomic mass is 10.2. The van der Waals surface area contributed by atoms with E-state index in [0.717, 1.165) is 12.1 Å². The first-order valence-electron chi connectivity index (χ1n) is 8.39. The van der Waals surface area contributed by atoms with Crippen molar-refractivity contribution >= 4 is 22.9 Å². The quantitative estimate of drug-likeness (QED) is 0.662. The van der Waals surface area contributed by atoms with Crippen molar-refractivity contribution in [2.75, 3.05) is 11.9 Å². The van der Waals surface area contributed by atoms with Crippen LogP contribution in [0.4, 0.5) is 14.5 Å². The number of carbonyl (C=O) groups excluding carboxylic acids is 1. The Bertz CT molecular complexity index is 914. The maximum atomic E-state index is 13.3. The van der Waals surface area contributed by atoms with Crippen LogP contribution >= 0.6 is 11.3 Å². The molecule has 1 N–H and O–H groups in total. The maximum Gasteiger partial charge on any atom is 0.286 e. The smallest absolute Gasteiger partial charge is 0.286 e. The number of carbonyl (C=O) groups is 1.